The summed E-state index contributed by atoms with van der Waals surface area (Å²) in [5, 5.41) is 18.9. The van der Waals surface area contributed by atoms with Gasteiger partial charge in [0, 0.05) is 12.7 Å². The summed E-state index contributed by atoms with van der Waals surface area (Å²) >= 11 is 3.35. The average molecular weight is 274 g/mol. The minimum atomic E-state index is -0.996. The summed E-state index contributed by atoms with van der Waals surface area (Å²) in [5.74, 6) is 0.759. The van der Waals surface area contributed by atoms with E-state index >= 15 is 0 Å². The molecule has 15 heavy (non-hydrogen) atoms. The number of hydrogen-bond acceptors (Lipinski definition) is 5. The van der Waals surface area contributed by atoms with Gasteiger partial charge in [0.1, 0.15) is 17.7 Å². The molecule has 1 fully saturated rings. The van der Waals surface area contributed by atoms with E-state index in [0.29, 0.717) is 19.5 Å². The van der Waals surface area contributed by atoms with Crippen LogP contribution in [-0.4, -0.2) is 45.5 Å². The number of aromatic nitrogens is 2. The fourth-order valence-corrected chi connectivity index (χ4v) is 2.18. The Kier molecular flexibility index (Phi) is 2.90. The van der Waals surface area contributed by atoms with Gasteiger partial charge < -0.3 is 15.1 Å². The highest BCUT2D eigenvalue weighted by molar-refractivity contribution is 9.10. The van der Waals surface area contributed by atoms with E-state index in [1.807, 2.05) is 4.90 Å². The largest absolute Gasteiger partial charge is 0.393 e. The van der Waals surface area contributed by atoms with E-state index < -0.39 is 5.60 Å². The van der Waals surface area contributed by atoms with Gasteiger partial charge in [-0.2, -0.15) is 0 Å². The number of β-amino-alcohol motifs (C(OH)–C–C–N with tert-alkyl or cyclic N) is 1. The van der Waals surface area contributed by atoms with E-state index in [1.165, 1.54) is 6.33 Å². The van der Waals surface area contributed by atoms with Crippen LogP contribution in [0.2, 0.25) is 0 Å². The van der Waals surface area contributed by atoms with E-state index in [4.69, 9.17) is 5.11 Å². The molecule has 1 aromatic rings. The Bertz CT molecular complexity index is 363. The summed E-state index contributed by atoms with van der Waals surface area (Å²) in [6, 6.07) is 0. The molecule has 0 saturated carbocycles. The highest BCUT2D eigenvalue weighted by Crippen LogP contribution is 2.29. The summed E-state index contributed by atoms with van der Waals surface area (Å²) < 4.78 is 0.798. The number of nitrogens with zero attached hydrogens (tertiary/aromatic N) is 3. The number of aliphatic hydroxyl groups is 2. The zero-order valence-corrected chi connectivity index (χ0v) is 9.68. The van der Waals surface area contributed by atoms with Gasteiger partial charge in [-0.25, -0.2) is 9.97 Å². The fourth-order valence-electron chi connectivity index (χ4n) is 1.71. The van der Waals surface area contributed by atoms with Crippen molar-refractivity contribution in [3.8, 4) is 0 Å². The number of aliphatic hydroxyl groups excluding tert-OH is 1. The van der Waals surface area contributed by atoms with Crippen molar-refractivity contribution in [2.45, 2.75) is 12.0 Å². The van der Waals surface area contributed by atoms with E-state index in [-0.39, 0.29) is 6.61 Å². The number of hydrogen-bond donors (Lipinski definition) is 2. The van der Waals surface area contributed by atoms with Crippen molar-refractivity contribution in [1.82, 2.24) is 9.97 Å². The predicted molar refractivity (Wildman–Crippen MR) is 58.6 cm³/mol. The first-order valence-corrected chi connectivity index (χ1v) is 5.48. The van der Waals surface area contributed by atoms with Gasteiger partial charge in [-0.1, -0.05) is 0 Å². The molecule has 0 spiro atoms. The van der Waals surface area contributed by atoms with Crippen LogP contribution in [0.25, 0.3) is 0 Å². The maximum atomic E-state index is 9.87. The van der Waals surface area contributed by atoms with Crippen molar-refractivity contribution in [3.05, 3.63) is 17.0 Å². The van der Waals surface area contributed by atoms with Crippen LogP contribution in [0.1, 0.15) is 6.42 Å². The van der Waals surface area contributed by atoms with Crippen LogP contribution < -0.4 is 4.90 Å². The Morgan fingerprint density at radius 2 is 2.40 bits per heavy atom. The van der Waals surface area contributed by atoms with Crippen LogP contribution >= 0.6 is 15.9 Å². The molecule has 0 radical (unpaired) electrons. The first-order valence-electron chi connectivity index (χ1n) is 4.68. The molecule has 1 aliphatic heterocycles. The topological polar surface area (TPSA) is 69.5 Å². The number of rotatable bonds is 2. The lowest BCUT2D eigenvalue weighted by atomic mass is 10.1. The quantitative estimate of drug-likeness (QED) is 0.804. The second kappa shape index (κ2) is 4.03. The normalized spacial score (nSPS) is 25.9. The SMILES string of the molecule is OCC1(O)CCN(c2ncncc2Br)C1. The summed E-state index contributed by atoms with van der Waals surface area (Å²) in [5.41, 5.74) is -0.996. The Morgan fingerprint density at radius 1 is 1.60 bits per heavy atom. The minimum Gasteiger partial charge on any atom is -0.393 e. The van der Waals surface area contributed by atoms with Crippen molar-refractivity contribution >= 4 is 21.7 Å². The second-order valence-corrected chi connectivity index (χ2v) is 4.60. The van der Waals surface area contributed by atoms with Crippen LogP contribution in [0.3, 0.4) is 0 Å². The standard InChI is InChI=1S/C9H12BrN3O2/c10-7-3-11-6-12-8(7)13-2-1-9(15,4-13)5-14/h3,6,14-15H,1-2,4-5H2. The summed E-state index contributed by atoms with van der Waals surface area (Å²) in [7, 11) is 0. The molecular formula is C9H12BrN3O2. The third-order valence-electron chi connectivity index (χ3n) is 2.57. The fraction of sp³-hybridized carbons (Fsp3) is 0.556. The first kappa shape index (κ1) is 10.8. The minimum absolute atomic E-state index is 0.216. The van der Waals surface area contributed by atoms with Gasteiger partial charge in [0.25, 0.3) is 0 Å². The molecule has 0 aromatic carbocycles. The van der Waals surface area contributed by atoms with Gasteiger partial charge in [-0.3, -0.25) is 0 Å². The Hall–Kier alpha value is -0.720. The van der Waals surface area contributed by atoms with Crippen LogP contribution in [0, 0.1) is 0 Å². The van der Waals surface area contributed by atoms with Crippen molar-refractivity contribution in [2.24, 2.45) is 0 Å². The molecule has 1 aliphatic rings. The van der Waals surface area contributed by atoms with Gasteiger partial charge in [0.05, 0.1) is 17.6 Å². The van der Waals surface area contributed by atoms with Crippen molar-refractivity contribution in [2.75, 3.05) is 24.6 Å². The van der Waals surface area contributed by atoms with Crippen molar-refractivity contribution in [3.63, 3.8) is 0 Å². The first-order chi connectivity index (χ1) is 7.14. The second-order valence-electron chi connectivity index (χ2n) is 3.75. The van der Waals surface area contributed by atoms with Crippen LogP contribution in [-0.2, 0) is 0 Å². The molecule has 0 amide bonds. The molecule has 0 aliphatic carbocycles. The summed E-state index contributed by atoms with van der Waals surface area (Å²) in [6.45, 7) is 0.873. The Morgan fingerprint density at radius 3 is 3.00 bits per heavy atom. The van der Waals surface area contributed by atoms with Gasteiger partial charge in [0.15, 0.2) is 0 Å². The molecule has 1 atom stereocenters. The predicted octanol–water partition coefficient (Wildman–Crippen LogP) is 0.173. The molecule has 2 heterocycles. The summed E-state index contributed by atoms with van der Waals surface area (Å²) in [4.78, 5) is 9.94. The highest BCUT2D eigenvalue weighted by atomic mass is 79.9. The molecule has 2 rings (SSSR count). The Balaban J connectivity index is 2.18. The zero-order chi connectivity index (χ0) is 10.9. The van der Waals surface area contributed by atoms with E-state index in [2.05, 4.69) is 25.9 Å². The number of halogens is 1. The van der Waals surface area contributed by atoms with Gasteiger partial charge >= 0.3 is 0 Å². The molecule has 1 unspecified atom stereocenters. The lowest BCUT2D eigenvalue weighted by Gasteiger charge is -2.21. The number of anilines is 1. The smallest absolute Gasteiger partial charge is 0.146 e. The van der Waals surface area contributed by atoms with Crippen LogP contribution in [0.15, 0.2) is 17.0 Å². The third kappa shape index (κ3) is 2.11. The molecule has 1 aromatic heterocycles. The zero-order valence-electron chi connectivity index (χ0n) is 8.10. The monoisotopic (exact) mass is 273 g/mol. The summed E-state index contributed by atoms with van der Waals surface area (Å²) in [6.07, 6.45) is 3.69. The van der Waals surface area contributed by atoms with E-state index in [1.54, 1.807) is 6.20 Å². The average Bonchev–Trinajstić information content (AvgIpc) is 2.63. The Labute approximate surface area is 95.9 Å². The lowest BCUT2D eigenvalue weighted by molar-refractivity contribution is 0.00473. The van der Waals surface area contributed by atoms with Crippen LogP contribution in [0.5, 0.6) is 0 Å². The van der Waals surface area contributed by atoms with E-state index in [9.17, 15) is 5.11 Å². The third-order valence-corrected chi connectivity index (χ3v) is 3.13. The highest BCUT2D eigenvalue weighted by Gasteiger charge is 2.36. The molecule has 2 N–H and O–H groups in total. The molecule has 5 nitrogen and oxygen atoms in total. The van der Waals surface area contributed by atoms with Crippen molar-refractivity contribution in [1.29, 1.82) is 0 Å². The molecule has 0 bridgehead atoms. The van der Waals surface area contributed by atoms with Crippen molar-refractivity contribution < 1.29 is 10.2 Å². The maximum Gasteiger partial charge on any atom is 0.146 e. The molecule has 82 valence electrons. The maximum absolute atomic E-state index is 9.87. The molecule has 1 saturated heterocycles. The molecule has 6 heteroatoms. The van der Waals surface area contributed by atoms with E-state index in [0.717, 1.165) is 10.3 Å². The van der Waals surface area contributed by atoms with Gasteiger partial charge in [-0.15, -0.1) is 0 Å². The lowest BCUT2D eigenvalue weighted by Crippen LogP contribution is -2.37. The van der Waals surface area contributed by atoms with Gasteiger partial charge in [-0.05, 0) is 22.4 Å². The molecular weight excluding hydrogens is 262 g/mol. The van der Waals surface area contributed by atoms with Gasteiger partial charge in [0.2, 0.25) is 0 Å². The van der Waals surface area contributed by atoms with Crippen LogP contribution in [0.4, 0.5) is 5.82 Å².